The van der Waals surface area contributed by atoms with Gasteiger partial charge < -0.3 is 10.6 Å². The summed E-state index contributed by atoms with van der Waals surface area (Å²) in [5.41, 5.74) is 5.14. The Morgan fingerprint density at radius 2 is 1.94 bits per heavy atom. The van der Waals surface area contributed by atoms with Crippen LogP contribution in [0.2, 0.25) is 0 Å². The summed E-state index contributed by atoms with van der Waals surface area (Å²) in [4.78, 5) is 15.0. The minimum Gasteiger partial charge on any atom is -0.392 e. The van der Waals surface area contributed by atoms with Gasteiger partial charge in [0.15, 0.2) is 0 Å². The molecule has 0 aromatic carbocycles. The molecule has 3 nitrogen and oxygen atoms in total. The molecule has 4 heteroatoms. The van der Waals surface area contributed by atoms with Crippen LogP contribution in [0.15, 0.2) is 0 Å². The van der Waals surface area contributed by atoms with E-state index in [9.17, 15) is 4.79 Å². The van der Waals surface area contributed by atoms with Crippen molar-refractivity contribution >= 4 is 23.1 Å². The first-order valence-corrected chi connectivity index (χ1v) is 7.47. The molecule has 1 aliphatic heterocycles. The van der Waals surface area contributed by atoms with Gasteiger partial charge in [-0.05, 0) is 44.4 Å². The minimum atomic E-state index is -0.652. The normalized spacial score (nSPS) is 30.7. The van der Waals surface area contributed by atoms with Crippen molar-refractivity contribution in [1.82, 2.24) is 4.90 Å². The third-order valence-corrected chi connectivity index (χ3v) is 5.31. The van der Waals surface area contributed by atoms with Gasteiger partial charge in [-0.2, -0.15) is 0 Å². The van der Waals surface area contributed by atoms with E-state index in [-0.39, 0.29) is 5.91 Å². The molecule has 18 heavy (non-hydrogen) atoms. The number of nitrogens with zero attached hydrogens (tertiary/aromatic N) is 1. The molecule has 1 saturated carbocycles. The second-order valence-electron chi connectivity index (χ2n) is 6.16. The van der Waals surface area contributed by atoms with Crippen molar-refractivity contribution in [3.05, 3.63) is 0 Å². The third-order valence-electron chi connectivity index (χ3n) is 4.86. The minimum absolute atomic E-state index is 0.147. The monoisotopic (exact) mass is 268 g/mol. The molecule has 2 aliphatic rings. The van der Waals surface area contributed by atoms with Gasteiger partial charge in [-0.25, -0.2) is 0 Å². The number of piperidine rings is 1. The molecule has 1 saturated heterocycles. The van der Waals surface area contributed by atoms with Crippen molar-refractivity contribution in [2.24, 2.45) is 23.0 Å². The molecule has 0 radical (unpaired) electrons. The number of likely N-dealkylation sites (tertiary alicyclic amines) is 1. The molecule has 2 fully saturated rings. The van der Waals surface area contributed by atoms with E-state index in [1.54, 1.807) is 0 Å². The lowest BCUT2D eigenvalue weighted by molar-refractivity contribution is -0.141. The molecule has 1 amide bonds. The van der Waals surface area contributed by atoms with E-state index in [1.165, 1.54) is 25.7 Å². The topological polar surface area (TPSA) is 46.3 Å². The van der Waals surface area contributed by atoms with E-state index in [1.807, 2.05) is 18.7 Å². The Bertz CT molecular complexity index is 346. The maximum atomic E-state index is 12.7. The predicted molar refractivity (Wildman–Crippen MR) is 77.2 cm³/mol. The summed E-state index contributed by atoms with van der Waals surface area (Å²) in [5, 5.41) is 0. The number of rotatable bonds is 3. The fourth-order valence-corrected chi connectivity index (χ4v) is 3.61. The van der Waals surface area contributed by atoms with Gasteiger partial charge in [0.25, 0.3) is 0 Å². The first-order chi connectivity index (χ1) is 8.47. The number of nitrogens with two attached hydrogens (primary N) is 1. The summed E-state index contributed by atoms with van der Waals surface area (Å²) < 4.78 is 0. The Kier molecular flexibility index (Phi) is 3.95. The molecule has 3 unspecified atom stereocenters. The second kappa shape index (κ2) is 5.16. The maximum absolute atomic E-state index is 12.7. The standard InChI is InChI=1S/C14H24N2OS/c1-3-14(2,12(15)18)13(17)16-8-10-5-4-6-11(7-10)9-16/h10-11H,3-9H2,1-2H3,(H2,15,18). The number of hydrogen-bond acceptors (Lipinski definition) is 2. The molecule has 3 atom stereocenters. The van der Waals surface area contributed by atoms with Crippen LogP contribution >= 0.6 is 12.2 Å². The van der Waals surface area contributed by atoms with Crippen molar-refractivity contribution in [3.63, 3.8) is 0 Å². The highest BCUT2D eigenvalue weighted by Crippen LogP contribution is 2.36. The lowest BCUT2D eigenvalue weighted by Gasteiger charge is -2.44. The van der Waals surface area contributed by atoms with Crippen LogP contribution in [0.3, 0.4) is 0 Å². The molecular weight excluding hydrogens is 244 g/mol. The third kappa shape index (κ3) is 2.40. The number of amides is 1. The van der Waals surface area contributed by atoms with Gasteiger partial charge in [-0.3, -0.25) is 4.79 Å². The number of carbonyl (C=O) groups is 1. The molecule has 0 aromatic rings. The van der Waals surface area contributed by atoms with Crippen LogP contribution in [0, 0.1) is 17.3 Å². The maximum Gasteiger partial charge on any atom is 0.235 e. The molecule has 2 rings (SSSR count). The Labute approximate surface area is 115 Å². The van der Waals surface area contributed by atoms with Gasteiger partial charge in [0.1, 0.15) is 0 Å². The van der Waals surface area contributed by atoms with Crippen LogP contribution in [0.4, 0.5) is 0 Å². The van der Waals surface area contributed by atoms with Gasteiger partial charge in [0.2, 0.25) is 5.91 Å². The molecule has 102 valence electrons. The summed E-state index contributed by atoms with van der Waals surface area (Å²) in [6.07, 6.45) is 5.87. The predicted octanol–water partition coefficient (Wildman–Crippen LogP) is 2.34. The number of hydrogen-bond donors (Lipinski definition) is 1. The summed E-state index contributed by atoms with van der Waals surface area (Å²) in [6, 6.07) is 0. The summed E-state index contributed by atoms with van der Waals surface area (Å²) in [7, 11) is 0. The molecule has 2 bridgehead atoms. The largest absolute Gasteiger partial charge is 0.392 e. The van der Waals surface area contributed by atoms with Gasteiger partial charge in [0.05, 0.1) is 10.4 Å². The van der Waals surface area contributed by atoms with E-state index in [0.717, 1.165) is 13.1 Å². The van der Waals surface area contributed by atoms with Crippen LogP contribution in [0.25, 0.3) is 0 Å². The lowest BCUT2D eigenvalue weighted by atomic mass is 9.76. The summed E-state index contributed by atoms with van der Waals surface area (Å²) in [5.74, 6) is 1.55. The zero-order chi connectivity index (χ0) is 13.3. The van der Waals surface area contributed by atoms with E-state index < -0.39 is 5.41 Å². The van der Waals surface area contributed by atoms with Gasteiger partial charge in [-0.15, -0.1) is 0 Å². The second-order valence-corrected chi connectivity index (χ2v) is 6.60. The van der Waals surface area contributed by atoms with Crippen LogP contribution < -0.4 is 5.73 Å². The fraction of sp³-hybridized carbons (Fsp3) is 0.857. The van der Waals surface area contributed by atoms with Crippen LogP contribution in [-0.4, -0.2) is 28.9 Å². The fourth-order valence-electron chi connectivity index (χ4n) is 3.38. The zero-order valence-corrected chi connectivity index (χ0v) is 12.3. The average Bonchev–Trinajstić information content (AvgIpc) is 2.36. The zero-order valence-electron chi connectivity index (χ0n) is 11.4. The van der Waals surface area contributed by atoms with Crippen LogP contribution in [0.1, 0.15) is 46.0 Å². The number of thiocarbonyl (C=S) groups is 1. The van der Waals surface area contributed by atoms with Crippen molar-refractivity contribution in [2.45, 2.75) is 46.0 Å². The van der Waals surface area contributed by atoms with E-state index >= 15 is 0 Å². The summed E-state index contributed by atoms with van der Waals surface area (Å²) in [6.45, 7) is 5.70. The van der Waals surface area contributed by atoms with Gasteiger partial charge in [-0.1, -0.05) is 25.6 Å². The Morgan fingerprint density at radius 1 is 1.39 bits per heavy atom. The van der Waals surface area contributed by atoms with Crippen molar-refractivity contribution in [3.8, 4) is 0 Å². The molecule has 1 aliphatic carbocycles. The highest BCUT2D eigenvalue weighted by Gasteiger charge is 2.41. The smallest absolute Gasteiger partial charge is 0.235 e. The van der Waals surface area contributed by atoms with Crippen molar-refractivity contribution in [1.29, 1.82) is 0 Å². The Hall–Kier alpha value is -0.640. The molecule has 1 heterocycles. The molecule has 0 aromatic heterocycles. The quantitative estimate of drug-likeness (QED) is 0.799. The van der Waals surface area contributed by atoms with E-state index in [4.69, 9.17) is 18.0 Å². The van der Waals surface area contributed by atoms with E-state index in [0.29, 0.717) is 23.2 Å². The van der Waals surface area contributed by atoms with Gasteiger partial charge in [0, 0.05) is 13.1 Å². The first-order valence-electron chi connectivity index (χ1n) is 7.06. The van der Waals surface area contributed by atoms with Gasteiger partial charge >= 0.3 is 0 Å². The molecule has 0 spiro atoms. The Balaban J connectivity index is 2.11. The SMILES string of the molecule is CCC(C)(C(=O)N1CC2CCCC(C2)C1)C(N)=S. The highest BCUT2D eigenvalue weighted by molar-refractivity contribution is 7.80. The molecular formula is C14H24N2OS. The summed E-state index contributed by atoms with van der Waals surface area (Å²) >= 11 is 5.11. The van der Waals surface area contributed by atoms with E-state index in [2.05, 4.69) is 0 Å². The van der Waals surface area contributed by atoms with Crippen molar-refractivity contribution in [2.75, 3.05) is 13.1 Å². The van der Waals surface area contributed by atoms with Crippen LogP contribution in [-0.2, 0) is 4.79 Å². The lowest BCUT2D eigenvalue weighted by Crippen LogP contribution is -2.53. The molecule has 2 N–H and O–H groups in total. The van der Waals surface area contributed by atoms with Crippen LogP contribution in [0.5, 0.6) is 0 Å². The number of carbonyl (C=O) groups excluding carboxylic acids is 1. The number of fused-ring (bicyclic) bond motifs is 2. The highest BCUT2D eigenvalue weighted by atomic mass is 32.1. The first kappa shape index (κ1) is 13.8. The average molecular weight is 268 g/mol. The Morgan fingerprint density at radius 3 is 2.39 bits per heavy atom. The van der Waals surface area contributed by atoms with Crippen molar-refractivity contribution < 1.29 is 4.79 Å².